The first kappa shape index (κ1) is 20.6. The molecule has 0 aliphatic rings. The summed E-state index contributed by atoms with van der Waals surface area (Å²) in [5, 5.41) is 13.2. The summed E-state index contributed by atoms with van der Waals surface area (Å²) in [4.78, 5) is 18.1. The third kappa shape index (κ3) is 4.43. The number of carbonyl (C=O) groups excluding carboxylic acids is 1. The second-order valence-electron chi connectivity index (χ2n) is 6.30. The van der Waals surface area contributed by atoms with E-state index in [2.05, 4.69) is 20.5 Å². The number of amides is 1. The molecule has 0 atom stereocenters. The molecule has 0 saturated heterocycles. The molecule has 0 unspecified atom stereocenters. The van der Waals surface area contributed by atoms with Crippen LogP contribution in [0.4, 0.5) is 5.13 Å². The smallest absolute Gasteiger partial charge is 0.236 e. The van der Waals surface area contributed by atoms with Gasteiger partial charge in [-0.2, -0.15) is 0 Å². The number of hydrogen-bond donors (Lipinski definition) is 1. The van der Waals surface area contributed by atoms with Crippen LogP contribution in [-0.2, 0) is 11.3 Å². The summed E-state index contributed by atoms with van der Waals surface area (Å²) in [6, 6.07) is 11.1. The normalized spacial score (nSPS) is 11.0. The molecular weight excluding hydrogens is 442 g/mol. The van der Waals surface area contributed by atoms with Crippen LogP contribution in [0.5, 0.6) is 0 Å². The highest BCUT2D eigenvalue weighted by molar-refractivity contribution is 7.99. The highest BCUT2D eigenvalue weighted by Crippen LogP contribution is 2.31. The topological polar surface area (TPSA) is 85.8 Å². The summed E-state index contributed by atoms with van der Waals surface area (Å²) >= 11 is 8.72. The summed E-state index contributed by atoms with van der Waals surface area (Å²) in [5.74, 6) is 1.34. The van der Waals surface area contributed by atoms with Crippen molar-refractivity contribution in [3.05, 3.63) is 52.6 Å². The monoisotopic (exact) mass is 459 g/mol. The average molecular weight is 460 g/mol. The predicted molar refractivity (Wildman–Crippen MR) is 120 cm³/mol. The van der Waals surface area contributed by atoms with Crippen LogP contribution in [0.25, 0.3) is 22.8 Å². The number of nitrogens with one attached hydrogen (secondary N) is 1. The van der Waals surface area contributed by atoms with Crippen molar-refractivity contribution in [1.82, 2.24) is 19.7 Å². The number of aryl methyl sites for hydroxylation is 1. The Morgan fingerprint density at radius 2 is 2.07 bits per heavy atom. The van der Waals surface area contributed by atoms with E-state index in [1.54, 1.807) is 12.3 Å². The van der Waals surface area contributed by atoms with E-state index in [4.69, 9.17) is 16.0 Å². The van der Waals surface area contributed by atoms with Crippen LogP contribution in [0.2, 0.25) is 5.02 Å². The van der Waals surface area contributed by atoms with Gasteiger partial charge in [0.05, 0.1) is 17.7 Å². The van der Waals surface area contributed by atoms with Crippen LogP contribution in [0.3, 0.4) is 0 Å². The zero-order chi connectivity index (χ0) is 21.1. The quantitative estimate of drug-likeness (QED) is 0.374. The predicted octanol–water partition coefficient (Wildman–Crippen LogP) is 5.37. The Kier molecular flexibility index (Phi) is 6.21. The van der Waals surface area contributed by atoms with Crippen LogP contribution in [-0.4, -0.2) is 31.4 Å². The summed E-state index contributed by atoms with van der Waals surface area (Å²) in [6.45, 7) is 4.64. The second-order valence-corrected chi connectivity index (χ2v) is 8.88. The molecule has 4 aromatic rings. The Morgan fingerprint density at radius 1 is 1.27 bits per heavy atom. The summed E-state index contributed by atoms with van der Waals surface area (Å²) in [5.41, 5.74) is 1.80. The molecule has 0 fully saturated rings. The number of thiazole rings is 1. The molecule has 10 heteroatoms. The molecule has 4 rings (SSSR count). The number of anilines is 1. The fourth-order valence-electron chi connectivity index (χ4n) is 2.88. The molecule has 0 spiro atoms. The maximum Gasteiger partial charge on any atom is 0.236 e. The number of rotatable bonds is 7. The maximum atomic E-state index is 12.5. The number of hydrogen-bond acceptors (Lipinski definition) is 7. The molecule has 0 radical (unpaired) electrons. The van der Waals surface area contributed by atoms with E-state index in [1.165, 1.54) is 23.1 Å². The van der Waals surface area contributed by atoms with Gasteiger partial charge >= 0.3 is 0 Å². The molecule has 0 aliphatic heterocycles. The van der Waals surface area contributed by atoms with E-state index in [0.717, 1.165) is 16.1 Å². The van der Waals surface area contributed by atoms with Gasteiger partial charge < -0.3 is 9.73 Å². The summed E-state index contributed by atoms with van der Waals surface area (Å²) in [7, 11) is 0. The van der Waals surface area contributed by atoms with Crippen molar-refractivity contribution in [3.63, 3.8) is 0 Å². The molecule has 0 bridgehead atoms. The largest absolute Gasteiger partial charge is 0.461 e. The third-order valence-corrected chi connectivity index (χ3v) is 6.37. The van der Waals surface area contributed by atoms with E-state index >= 15 is 0 Å². The van der Waals surface area contributed by atoms with Gasteiger partial charge in [-0.25, -0.2) is 4.98 Å². The highest BCUT2D eigenvalue weighted by Gasteiger charge is 2.17. The molecule has 1 amide bonds. The molecule has 30 heavy (non-hydrogen) atoms. The van der Waals surface area contributed by atoms with Crippen molar-refractivity contribution >= 4 is 45.7 Å². The van der Waals surface area contributed by atoms with Gasteiger partial charge in [0.1, 0.15) is 0 Å². The Balaban J connectivity index is 1.41. The lowest BCUT2D eigenvalue weighted by atomic mass is 10.1. The van der Waals surface area contributed by atoms with E-state index in [0.29, 0.717) is 33.4 Å². The van der Waals surface area contributed by atoms with E-state index in [9.17, 15) is 4.79 Å². The van der Waals surface area contributed by atoms with Crippen molar-refractivity contribution in [1.29, 1.82) is 0 Å². The van der Waals surface area contributed by atoms with Crippen LogP contribution >= 0.6 is 34.7 Å². The minimum Gasteiger partial charge on any atom is -0.461 e. The molecule has 0 aliphatic carbocycles. The van der Waals surface area contributed by atoms with Crippen LogP contribution in [0.1, 0.15) is 11.8 Å². The highest BCUT2D eigenvalue weighted by atomic mass is 35.5. The number of halogens is 1. The van der Waals surface area contributed by atoms with Crippen molar-refractivity contribution in [2.75, 3.05) is 11.1 Å². The molecule has 0 saturated carbocycles. The van der Waals surface area contributed by atoms with Gasteiger partial charge in [0.15, 0.2) is 21.9 Å². The standard InChI is InChI=1S/C20H18ClN5O2S2/c1-3-26-18(15-5-4-10-28-15)24-25-20(26)29-11-16(27)22-19-23-17(12(2)30-19)13-6-8-14(21)9-7-13/h4-10H,3,11H2,1-2H3,(H,22,23,27). The summed E-state index contributed by atoms with van der Waals surface area (Å²) in [6.07, 6.45) is 1.60. The minimum atomic E-state index is -0.151. The molecule has 3 heterocycles. The SMILES string of the molecule is CCn1c(SCC(=O)Nc2nc(-c3ccc(Cl)cc3)c(C)s2)nnc1-c1ccco1. The van der Waals surface area contributed by atoms with Crippen molar-refractivity contribution in [2.24, 2.45) is 0 Å². The van der Waals surface area contributed by atoms with Gasteiger partial charge in [0, 0.05) is 22.0 Å². The summed E-state index contributed by atoms with van der Waals surface area (Å²) < 4.78 is 7.33. The molecule has 1 aromatic carbocycles. The lowest BCUT2D eigenvalue weighted by Crippen LogP contribution is -2.14. The number of thioether (sulfide) groups is 1. The fraction of sp³-hybridized carbons (Fsp3) is 0.200. The van der Waals surface area contributed by atoms with E-state index in [1.807, 2.05) is 48.7 Å². The Hall–Kier alpha value is -2.62. The molecule has 3 aromatic heterocycles. The van der Waals surface area contributed by atoms with Gasteiger partial charge in [-0.05, 0) is 38.1 Å². The number of furan rings is 1. The zero-order valence-corrected chi connectivity index (χ0v) is 18.6. The Morgan fingerprint density at radius 3 is 2.77 bits per heavy atom. The second kappa shape index (κ2) is 9.03. The van der Waals surface area contributed by atoms with Gasteiger partial charge in [0.2, 0.25) is 5.91 Å². The number of aromatic nitrogens is 4. The number of carbonyl (C=O) groups is 1. The van der Waals surface area contributed by atoms with Crippen molar-refractivity contribution in [3.8, 4) is 22.8 Å². The molecule has 1 N–H and O–H groups in total. The number of benzene rings is 1. The molecule has 154 valence electrons. The van der Waals surface area contributed by atoms with Gasteiger partial charge in [-0.15, -0.1) is 21.5 Å². The number of nitrogens with zero attached hydrogens (tertiary/aromatic N) is 4. The Bertz CT molecular complexity index is 1150. The van der Waals surface area contributed by atoms with E-state index in [-0.39, 0.29) is 11.7 Å². The van der Waals surface area contributed by atoms with Crippen LogP contribution < -0.4 is 5.32 Å². The van der Waals surface area contributed by atoms with E-state index < -0.39 is 0 Å². The third-order valence-electron chi connectivity index (χ3n) is 4.27. The van der Waals surface area contributed by atoms with Gasteiger partial charge in [0.25, 0.3) is 0 Å². The van der Waals surface area contributed by atoms with Crippen molar-refractivity contribution in [2.45, 2.75) is 25.5 Å². The lowest BCUT2D eigenvalue weighted by molar-refractivity contribution is -0.113. The Labute approximate surface area is 186 Å². The lowest BCUT2D eigenvalue weighted by Gasteiger charge is -2.05. The van der Waals surface area contributed by atoms with Gasteiger partial charge in [-0.1, -0.05) is 35.5 Å². The van der Waals surface area contributed by atoms with Crippen LogP contribution in [0.15, 0.2) is 52.2 Å². The van der Waals surface area contributed by atoms with Crippen LogP contribution in [0, 0.1) is 6.92 Å². The minimum absolute atomic E-state index is 0.151. The van der Waals surface area contributed by atoms with Gasteiger partial charge in [-0.3, -0.25) is 9.36 Å². The molecular formula is C20H18ClN5O2S2. The first-order valence-corrected chi connectivity index (χ1v) is 11.4. The zero-order valence-electron chi connectivity index (χ0n) is 16.3. The maximum absolute atomic E-state index is 12.5. The first-order chi connectivity index (χ1) is 14.5. The fourth-order valence-corrected chi connectivity index (χ4v) is 4.66. The average Bonchev–Trinajstić information content (AvgIpc) is 3.46. The molecule has 7 nitrogen and oxygen atoms in total. The first-order valence-electron chi connectivity index (χ1n) is 9.18. The van der Waals surface area contributed by atoms with Crippen molar-refractivity contribution < 1.29 is 9.21 Å².